The lowest BCUT2D eigenvalue weighted by molar-refractivity contribution is 0.380. The summed E-state index contributed by atoms with van der Waals surface area (Å²) in [6.07, 6.45) is 0.406. The van der Waals surface area contributed by atoms with Crippen LogP contribution in [0.1, 0.15) is 11.4 Å². The zero-order chi connectivity index (χ0) is 17.9. The monoisotopic (exact) mass is 352 g/mol. The van der Waals surface area contributed by atoms with Crippen LogP contribution in [0.25, 0.3) is 23.2 Å². The third-order valence-electron chi connectivity index (χ3n) is 3.70. The lowest BCUT2D eigenvalue weighted by Crippen LogP contribution is -1.91. The molecule has 8 heteroatoms. The quantitative estimate of drug-likeness (QED) is 0.543. The molecule has 130 valence electrons. The van der Waals surface area contributed by atoms with E-state index in [2.05, 4.69) is 20.3 Å². The normalized spacial score (nSPS) is 10.8. The first-order valence-corrected chi connectivity index (χ1v) is 7.77. The summed E-state index contributed by atoms with van der Waals surface area (Å²) in [5, 5.41) is 7.82. The van der Waals surface area contributed by atoms with Gasteiger partial charge in [0, 0.05) is 12.0 Å². The zero-order valence-corrected chi connectivity index (χ0v) is 13.7. The molecule has 0 aliphatic carbocycles. The summed E-state index contributed by atoms with van der Waals surface area (Å²) in [5.41, 5.74) is 1.63. The maximum Gasteiger partial charge on any atom is 0.316 e. The van der Waals surface area contributed by atoms with Gasteiger partial charge in [-0.2, -0.15) is 9.97 Å². The SMILES string of the molecule is COc1ccc(-c2noc(-c3nc(Cc4ccc(F)cc4)no3)n2)cc1. The Morgan fingerprint density at radius 2 is 1.58 bits per heavy atom. The smallest absolute Gasteiger partial charge is 0.316 e. The number of ether oxygens (including phenoxy) is 1. The third kappa shape index (κ3) is 3.30. The molecular weight excluding hydrogens is 339 g/mol. The maximum atomic E-state index is 13.0. The van der Waals surface area contributed by atoms with Gasteiger partial charge >= 0.3 is 11.8 Å². The molecule has 0 amide bonds. The van der Waals surface area contributed by atoms with Crippen LogP contribution in [-0.2, 0) is 6.42 Å². The fourth-order valence-corrected chi connectivity index (χ4v) is 2.37. The van der Waals surface area contributed by atoms with Gasteiger partial charge in [-0.15, -0.1) is 0 Å². The summed E-state index contributed by atoms with van der Waals surface area (Å²) in [4.78, 5) is 8.52. The molecule has 0 saturated carbocycles. The van der Waals surface area contributed by atoms with Gasteiger partial charge in [0.25, 0.3) is 0 Å². The van der Waals surface area contributed by atoms with Crippen LogP contribution in [-0.4, -0.2) is 27.4 Å². The standard InChI is InChI=1S/C18H13FN4O3/c1-24-14-8-4-12(5-9-14)16-21-18(26-23-16)17-20-15(22-25-17)10-11-2-6-13(19)7-3-11/h2-9H,10H2,1H3. The molecule has 0 unspecified atom stereocenters. The van der Waals surface area contributed by atoms with Crippen LogP contribution < -0.4 is 4.74 Å². The topological polar surface area (TPSA) is 87.1 Å². The van der Waals surface area contributed by atoms with E-state index in [0.29, 0.717) is 18.1 Å². The molecule has 4 rings (SSSR count). The Hall–Kier alpha value is -3.55. The predicted octanol–water partition coefficient (Wildman–Crippen LogP) is 3.53. The molecule has 0 fully saturated rings. The molecule has 2 aromatic carbocycles. The molecule has 0 saturated heterocycles. The third-order valence-corrected chi connectivity index (χ3v) is 3.70. The van der Waals surface area contributed by atoms with Gasteiger partial charge in [0.2, 0.25) is 5.82 Å². The van der Waals surface area contributed by atoms with E-state index in [1.165, 1.54) is 12.1 Å². The van der Waals surface area contributed by atoms with Gasteiger partial charge in [-0.3, -0.25) is 0 Å². The van der Waals surface area contributed by atoms with E-state index in [4.69, 9.17) is 13.8 Å². The molecule has 2 aromatic heterocycles. The van der Waals surface area contributed by atoms with E-state index in [0.717, 1.165) is 16.9 Å². The van der Waals surface area contributed by atoms with Crippen LogP contribution in [0.2, 0.25) is 0 Å². The number of hydrogen-bond acceptors (Lipinski definition) is 7. The largest absolute Gasteiger partial charge is 0.497 e. The Morgan fingerprint density at radius 1 is 0.885 bits per heavy atom. The number of methoxy groups -OCH3 is 1. The van der Waals surface area contributed by atoms with E-state index >= 15 is 0 Å². The highest BCUT2D eigenvalue weighted by molar-refractivity contribution is 5.57. The molecule has 0 aliphatic heterocycles. The van der Waals surface area contributed by atoms with Gasteiger partial charge in [-0.25, -0.2) is 4.39 Å². The number of hydrogen-bond donors (Lipinski definition) is 0. The fourth-order valence-electron chi connectivity index (χ4n) is 2.37. The van der Waals surface area contributed by atoms with Crippen molar-refractivity contribution in [2.45, 2.75) is 6.42 Å². The van der Waals surface area contributed by atoms with Crippen LogP contribution >= 0.6 is 0 Å². The second kappa shape index (κ2) is 6.75. The van der Waals surface area contributed by atoms with Crippen LogP contribution in [0.4, 0.5) is 4.39 Å². The van der Waals surface area contributed by atoms with E-state index in [9.17, 15) is 4.39 Å². The molecule has 0 bridgehead atoms. The first kappa shape index (κ1) is 15.9. The first-order valence-electron chi connectivity index (χ1n) is 7.77. The van der Waals surface area contributed by atoms with Gasteiger partial charge in [0.05, 0.1) is 7.11 Å². The molecule has 7 nitrogen and oxygen atoms in total. The summed E-state index contributed by atoms with van der Waals surface area (Å²) < 4.78 is 28.5. The summed E-state index contributed by atoms with van der Waals surface area (Å²) in [6, 6.07) is 13.4. The number of nitrogens with zero attached hydrogens (tertiary/aromatic N) is 4. The van der Waals surface area contributed by atoms with E-state index in [1.54, 1.807) is 31.4 Å². The molecule has 26 heavy (non-hydrogen) atoms. The van der Waals surface area contributed by atoms with Crippen molar-refractivity contribution in [3.63, 3.8) is 0 Å². The molecule has 0 atom stereocenters. The van der Waals surface area contributed by atoms with Crippen LogP contribution in [0.5, 0.6) is 5.75 Å². The minimum absolute atomic E-state index is 0.133. The van der Waals surface area contributed by atoms with E-state index in [-0.39, 0.29) is 17.6 Å². The Morgan fingerprint density at radius 3 is 2.31 bits per heavy atom. The minimum Gasteiger partial charge on any atom is -0.497 e. The first-order chi connectivity index (χ1) is 12.7. The lowest BCUT2D eigenvalue weighted by Gasteiger charge is -1.98. The van der Waals surface area contributed by atoms with Crippen LogP contribution in [0, 0.1) is 5.82 Å². The molecule has 4 aromatic rings. The Bertz CT molecular complexity index is 1010. The van der Waals surface area contributed by atoms with Crippen molar-refractivity contribution in [1.82, 2.24) is 20.3 Å². The average Bonchev–Trinajstić information content (AvgIpc) is 3.33. The van der Waals surface area contributed by atoms with Gasteiger partial charge in [0.1, 0.15) is 11.6 Å². The number of rotatable bonds is 5. The van der Waals surface area contributed by atoms with Crippen LogP contribution in [0.15, 0.2) is 57.6 Å². The van der Waals surface area contributed by atoms with Crippen molar-refractivity contribution in [2.24, 2.45) is 0 Å². The minimum atomic E-state index is -0.292. The second-order valence-electron chi connectivity index (χ2n) is 5.47. The van der Waals surface area contributed by atoms with Gasteiger partial charge < -0.3 is 13.8 Å². The van der Waals surface area contributed by atoms with Crippen molar-refractivity contribution >= 4 is 0 Å². The Labute approximate surface area is 147 Å². The number of aromatic nitrogens is 4. The molecule has 0 radical (unpaired) electrons. The Balaban J connectivity index is 1.52. The highest BCUT2D eigenvalue weighted by Gasteiger charge is 2.17. The fraction of sp³-hybridized carbons (Fsp3) is 0.111. The zero-order valence-electron chi connectivity index (χ0n) is 13.7. The Kier molecular flexibility index (Phi) is 4.14. The van der Waals surface area contributed by atoms with Crippen LogP contribution in [0.3, 0.4) is 0 Å². The van der Waals surface area contributed by atoms with E-state index in [1.807, 2.05) is 12.1 Å². The summed E-state index contributed by atoms with van der Waals surface area (Å²) in [7, 11) is 1.60. The van der Waals surface area contributed by atoms with Crippen molar-refractivity contribution in [3.8, 4) is 28.9 Å². The number of halogens is 1. The van der Waals surface area contributed by atoms with Gasteiger partial charge in [-0.1, -0.05) is 22.4 Å². The van der Waals surface area contributed by atoms with Crippen molar-refractivity contribution in [2.75, 3.05) is 7.11 Å². The second-order valence-corrected chi connectivity index (χ2v) is 5.47. The molecule has 2 heterocycles. The van der Waals surface area contributed by atoms with Crippen molar-refractivity contribution in [1.29, 1.82) is 0 Å². The molecule has 0 aliphatic rings. The maximum absolute atomic E-state index is 13.0. The predicted molar refractivity (Wildman–Crippen MR) is 88.8 cm³/mol. The summed E-state index contributed by atoms with van der Waals surface area (Å²) in [6.45, 7) is 0. The molecule has 0 spiro atoms. The average molecular weight is 352 g/mol. The van der Waals surface area contributed by atoms with Gasteiger partial charge in [-0.05, 0) is 42.0 Å². The highest BCUT2D eigenvalue weighted by Crippen LogP contribution is 2.23. The van der Waals surface area contributed by atoms with Gasteiger partial charge in [0.15, 0.2) is 5.82 Å². The molecule has 0 N–H and O–H groups in total. The van der Waals surface area contributed by atoms with E-state index < -0.39 is 0 Å². The molecular formula is C18H13FN4O3. The summed E-state index contributed by atoms with van der Waals surface area (Å²) >= 11 is 0. The summed E-state index contributed by atoms with van der Waals surface area (Å²) in [5.74, 6) is 1.55. The highest BCUT2D eigenvalue weighted by atomic mass is 19.1. The lowest BCUT2D eigenvalue weighted by atomic mass is 10.1. The number of benzene rings is 2. The van der Waals surface area contributed by atoms with Crippen molar-refractivity contribution < 1.29 is 18.2 Å². The van der Waals surface area contributed by atoms with Crippen molar-refractivity contribution in [3.05, 3.63) is 65.7 Å².